The molecule has 30 heavy (non-hydrogen) atoms. The number of hydrogen-bond acceptors (Lipinski definition) is 4. The molecule has 1 aliphatic heterocycles. The number of nitrogens with one attached hydrogen (secondary N) is 2. The minimum absolute atomic E-state index is 0.132. The summed E-state index contributed by atoms with van der Waals surface area (Å²) in [5.41, 5.74) is 2.65. The smallest absolute Gasteiger partial charge is 0.255 e. The molecule has 6 nitrogen and oxygen atoms in total. The molecule has 0 bridgehead atoms. The molecule has 0 spiro atoms. The van der Waals surface area contributed by atoms with E-state index in [-0.39, 0.29) is 11.8 Å². The Kier molecular flexibility index (Phi) is 8.28. The number of amides is 2. The number of rotatable bonds is 9. The zero-order chi connectivity index (χ0) is 21.3. The summed E-state index contributed by atoms with van der Waals surface area (Å²) in [5.74, 6) is -0.347. The summed E-state index contributed by atoms with van der Waals surface area (Å²) in [6, 6.07) is 12.8. The van der Waals surface area contributed by atoms with Crippen LogP contribution in [-0.4, -0.2) is 44.7 Å². The molecule has 3 rings (SSSR count). The van der Waals surface area contributed by atoms with Crippen molar-refractivity contribution >= 4 is 39.1 Å². The fourth-order valence-electron chi connectivity index (χ4n) is 3.48. The topological polar surface area (TPSA) is 70.7 Å². The van der Waals surface area contributed by atoms with Gasteiger partial charge >= 0.3 is 0 Å². The first-order valence-corrected chi connectivity index (χ1v) is 11.2. The van der Waals surface area contributed by atoms with Crippen molar-refractivity contribution in [2.45, 2.75) is 26.2 Å². The van der Waals surface area contributed by atoms with Crippen LogP contribution in [0.25, 0.3) is 0 Å². The second-order valence-electron chi connectivity index (χ2n) is 7.20. The van der Waals surface area contributed by atoms with Gasteiger partial charge in [0, 0.05) is 54.3 Å². The van der Waals surface area contributed by atoms with Gasteiger partial charge in [0.25, 0.3) is 11.8 Å². The Morgan fingerprint density at radius 1 is 1.10 bits per heavy atom. The molecule has 0 radical (unpaired) electrons. The number of benzene rings is 2. The number of hydrogen-bond donors (Lipinski definition) is 2. The van der Waals surface area contributed by atoms with Crippen molar-refractivity contribution in [1.29, 1.82) is 0 Å². The molecule has 2 N–H and O–H groups in total. The van der Waals surface area contributed by atoms with Gasteiger partial charge in [-0.25, -0.2) is 0 Å². The van der Waals surface area contributed by atoms with E-state index in [9.17, 15) is 9.59 Å². The zero-order valence-electron chi connectivity index (χ0n) is 17.2. The molecule has 0 aromatic heterocycles. The Bertz CT molecular complexity index is 882. The van der Waals surface area contributed by atoms with Crippen LogP contribution in [-0.2, 0) is 4.74 Å². The lowest BCUT2D eigenvalue weighted by atomic mass is 10.1. The van der Waals surface area contributed by atoms with E-state index in [2.05, 4.69) is 31.5 Å². The number of anilines is 2. The third-order valence-corrected chi connectivity index (χ3v) is 5.48. The molecule has 1 saturated heterocycles. The molecule has 0 saturated carbocycles. The largest absolute Gasteiger partial charge is 0.382 e. The van der Waals surface area contributed by atoms with Crippen molar-refractivity contribution in [2.75, 3.05) is 43.1 Å². The van der Waals surface area contributed by atoms with Gasteiger partial charge in [0.05, 0.1) is 5.56 Å². The molecule has 2 amide bonds. The van der Waals surface area contributed by atoms with Crippen molar-refractivity contribution in [3.63, 3.8) is 0 Å². The lowest BCUT2D eigenvalue weighted by molar-refractivity contribution is 0.0943. The van der Waals surface area contributed by atoms with Crippen LogP contribution in [0, 0.1) is 0 Å². The van der Waals surface area contributed by atoms with E-state index in [0.717, 1.165) is 42.5 Å². The zero-order valence-corrected chi connectivity index (χ0v) is 18.8. The van der Waals surface area contributed by atoms with Crippen LogP contribution in [0.5, 0.6) is 0 Å². The average Bonchev–Trinajstić information content (AvgIpc) is 3.28. The highest BCUT2D eigenvalue weighted by atomic mass is 79.9. The van der Waals surface area contributed by atoms with Gasteiger partial charge in [-0.2, -0.15) is 0 Å². The molecule has 160 valence electrons. The highest BCUT2D eigenvalue weighted by Gasteiger charge is 2.20. The molecule has 1 aliphatic rings. The van der Waals surface area contributed by atoms with Gasteiger partial charge in [-0.05, 0) is 62.6 Å². The van der Waals surface area contributed by atoms with Gasteiger partial charge in [0.15, 0.2) is 0 Å². The van der Waals surface area contributed by atoms with Crippen molar-refractivity contribution in [3.8, 4) is 0 Å². The summed E-state index contributed by atoms with van der Waals surface area (Å²) in [6.07, 6.45) is 3.01. The molecule has 1 fully saturated rings. The number of nitrogens with zero attached hydrogens (tertiary/aromatic N) is 1. The minimum Gasteiger partial charge on any atom is -0.382 e. The Hall–Kier alpha value is -2.38. The average molecular weight is 474 g/mol. The third kappa shape index (κ3) is 6.06. The Balaban J connectivity index is 1.75. The van der Waals surface area contributed by atoms with E-state index in [4.69, 9.17) is 4.74 Å². The van der Waals surface area contributed by atoms with Crippen LogP contribution in [0.1, 0.15) is 46.9 Å². The molecule has 2 aromatic carbocycles. The number of ether oxygens (including phenoxy) is 1. The van der Waals surface area contributed by atoms with Gasteiger partial charge in [0.1, 0.15) is 0 Å². The Labute approximate surface area is 186 Å². The summed E-state index contributed by atoms with van der Waals surface area (Å²) in [5, 5.41) is 5.88. The van der Waals surface area contributed by atoms with Crippen LogP contribution in [0.15, 0.2) is 46.9 Å². The minimum atomic E-state index is -0.215. The van der Waals surface area contributed by atoms with Crippen LogP contribution in [0.4, 0.5) is 11.4 Å². The molecule has 0 atom stereocenters. The first kappa shape index (κ1) is 22.3. The van der Waals surface area contributed by atoms with E-state index < -0.39 is 0 Å². The second-order valence-corrected chi connectivity index (χ2v) is 8.11. The molecule has 1 heterocycles. The van der Waals surface area contributed by atoms with Crippen LogP contribution < -0.4 is 15.5 Å². The van der Waals surface area contributed by atoms with Crippen molar-refractivity contribution in [2.24, 2.45) is 0 Å². The van der Waals surface area contributed by atoms with Gasteiger partial charge < -0.3 is 20.3 Å². The fourth-order valence-corrected chi connectivity index (χ4v) is 3.88. The maximum absolute atomic E-state index is 12.9. The Morgan fingerprint density at radius 2 is 1.90 bits per heavy atom. The summed E-state index contributed by atoms with van der Waals surface area (Å²) in [6.45, 7) is 5.68. The molecule has 0 unspecified atom stereocenters. The molecular weight excluding hydrogens is 446 g/mol. The highest BCUT2D eigenvalue weighted by Crippen LogP contribution is 2.28. The van der Waals surface area contributed by atoms with E-state index in [1.165, 1.54) is 0 Å². The normalized spacial score (nSPS) is 13.3. The van der Waals surface area contributed by atoms with E-state index in [0.29, 0.717) is 36.6 Å². The van der Waals surface area contributed by atoms with Crippen LogP contribution in [0.3, 0.4) is 0 Å². The monoisotopic (exact) mass is 473 g/mol. The quantitative estimate of drug-likeness (QED) is 0.527. The standard InChI is InChI=1S/C23H28BrN3O3/c1-2-30-14-6-11-25-23(29)20-16-19(9-10-21(20)27-12-3-4-13-27)26-22(28)17-7-5-8-18(24)15-17/h5,7-10,15-16H,2-4,6,11-14H2,1H3,(H,25,29)(H,26,28). The predicted molar refractivity (Wildman–Crippen MR) is 123 cm³/mol. The van der Waals surface area contributed by atoms with E-state index >= 15 is 0 Å². The van der Waals surface area contributed by atoms with E-state index in [1.807, 2.05) is 31.2 Å². The SMILES string of the molecule is CCOCCCNC(=O)c1cc(NC(=O)c2cccc(Br)c2)ccc1N1CCCC1. The molecule has 2 aromatic rings. The van der Waals surface area contributed by atoms with Crippen LogP contribution in [0.2, 0.25) is 0 Å². The number of carbonyl (C=O) groups is 2. The second kappa shape index (κ2) is 11.1. The predicted octanol–water partition coefficient (Wildman–Crippen LogP) is 4.46. The number of halogens is 1. The fraction of sp³-hybridized carbons (Fsp3) is 0.391. The summed E-state index contributed by atoms with van der Waals surface area (Å²) in [7, 11) is 0. The lowest BCUT2D eigenvalue weighted by Crippen LogP contribution is -2.29. The highest BCUT2D eigenvalue weighted by molar-refractivity contribution is 9.10. The molecule has 0 aliphatic carbocycles. The first-order chi connectivity index (χ1) is 14.6. The maximum atomic E-state index is 12.9. The maximum Gasteiger partial charge on any atom is 0.255 e. The lowest BCUT2D eigenvalue weighted by Gasteiger charge is -2.22. The molecule has 7 heteroatoms. The third-order valence-electron chi connectivity index (χ3n) is 4.99. The van der Waals surface area contributed by atoms with Gasteiger partial charge in [-0.15, -0.1) is 0 Å². The molecular formula is C23H28BrN3O3. The van der Waals surface area contributed by atoms with E-state index in [1.54, 1.807) is 18.2 Å². The summed E-state index contributed by atoms with van der Waals surface area (Å²) < 4.78 is 6.17. The van der Waals surface area contributed by atoms with Crippen molar-refractivity contribution < 1.29 is 14.3 Å². The Morgan fingerprint density at radius 3 is 2.63 bits per heavy atom. The first-order valence-electron chi connectivity index (χ1n) is 10.4. The van der Waals surface area contributed by atoms with Crippen LogP contribution >= 0.6 is 15.9 Å². The van der Waals surface area contributed by atoms with Crippen molar-refractivity contribution in [3.05, 3.63) is 58.1 Å². The summed E-state index contributed by atoms with van der Waals surface area (Å²) >= 11 is 3.39. The number of carbonyl (C=O) groups excluding carboxylic acids is 2. The van der Waals surface area contributed by atoms with Crippen molar-refractivity contribution in [1.82, 2.24) is 5.32 Å². The van der Waals surface area contributed by atoms with Gasteiger partial charge in [-0.3, -0.25) is 9.59 Å². The van der Waals surface area contributed by atoms with Gasteiger partial charge in [0.2, 0.25) is 0 Å². The van der Waals surface area contributed by atoms with Gasteiger partial charge in [-0.1, -0.05) is 22.0 Å². The summed E-state index contributed by atoms with van der Waals surface area (Å²) in [4.78, 5) is 27.7.